The van der Waals surface area contributed by atoms with Gasteiger partial charge in [-0.25, -0.2) is 0 Å². The molecular formula is C26H27N. The monoisotopic (exact) mass is 353 g/mol. The Kier molecular flexibility index (Phi) is 7.66. The molecule has 0 heterocycles. The highest BCUT2D eigenvalue weighted by atomic mass is 15.1. The summed E-state index contributed by atoms with van der Waals surface area (Å²) >= 11 is 0. The van der Waals surface area contributed by atoms with Gasteiger partial charge in [-0.15, -0.1) is 0 Å². The Bertz CT molecular complexity index is 768. The summed E-state index contributed by atoms with van der Waals surface area (Å²) in [4.78, 5) is 2.48. The van der Waals surface area contributed by atoms with E-state index in [9.17, 15) is 0 Å². The van der Waals surface area contributed by atoms with Crippen LogP contribution in [-0.2, 0) is 6.42 Å². The highest BCUT2D eigenvalue weighted by Gasteiger charge is 2.02. The smallest absolute Gasteiger partial charge is 0.0169 e. The Morgan fingerprint density at radius 3 is 1.48 bits per heavy atom. The minimum absolute atomic E-state index is 0.945. The standard InChI is InChI=1S/C26H27N/c1-4-12-24(13-5-1)18-10-21-27(23-20-26-16-8-3-9-17-26)22-11-19-25-14-6-2-7-15-25/h1-19H,20-23H2. The molecule has 0 fully saturated rings. The average Bonchev–Trinajstić information content (AvgIpc) is 2.74. The van der Waals surface area contributed by atoms with Gasteiger partial charge in [-0.3, -0.25) is 4.90 Å². The van der Waals surface area contributed by atoms with Crippen LogP contribution in [0, 0.1) is 0 Å². The molecule has 0 spiro atoms. The normalized spacial score (nSPS) is 11.6. The summed E-state index contributed by atoms with van der Waals surface area (Å²) in [5.74, 6) is 0. The van der Waals surface area contributed by atoms with Gasteiger partial charge in [-0.2, -0.15) is 0 Å². The van der Waals surface area contributed by atoms with Crippen molar-refractivity contribution in [3.8, 4) is 0 Å². The zero-order valence-corrected chi connectivity index (χ0v) is 15.7. The van der Waals surface area contributed by atoms with E-state index in [0.717, 1.165) is 26.1 Å². The Balaban J connectivity index is 1.58. The molecule has 0 aliphatic rings. The Labute approximate surface area is 163 Å². The molecule has 1 nitrogen and oxygen atoms in total. The lowest BCUT2D eigenvalue weighted by molar-refractivity contribution is 0.340. The molecule has 3 aromatic carbocycles. The molecule has 0 unspecified atom stereocenters. The van der Waals surface area contributed by atoms with Gasteiger partial charge in [0, 0.05) is 19.6 Å². The molecule has 3 rings (SSSR count). The van der Waals surface area contributed by atoms with Crippen LogP contribution in [0.1, 0.15) is 16.7 Å². The maximum absolute atomic E-state index is 2.48. The van der Waals surface area contributed by atoms with Crippen molar-refractivity contribution in [2.75, 3.05) is 19.6 Å². The van der Waals surface area contributed by atoms with Crippen LogP contribution in [0.2, 0.25) is 0 Å². The summed E-state index contributed by atoms with van der Waals surface area (Å²) in [6, 6.07) is 31.7. The van der Waals surface area contributed by atoms with Crippen molar-refractivity contribution in [1.82, 2.24) is 4.90 Å². The largest absolute Gasteiger partial charge is 0.296 e. The van der Waals surface area contributed by atoms with Gasteiger partial charge in [0.15, 0.2) is 0 Å². The van der Waals surface area contributed by atoms with Crippen LogP contribution in [-0.4, -0.2) is 24.5 Å². The predicted molar refractivity (Wildman–Crippen MR) is 118 cm³/mol. The first-order valence-corrected chi connectivity index (χ1v) is 9.59. The molecule has 0 saturated carbocycles. The Morgan fingerprint density at radius 2 is 1.00 bits per heavy atom. The molecule has 0 aromatic heterocycles. The van der Waals surface area contributed by atoms with E-state index in [1.54, 1.807) is 0 Å². The van der Waals surface area contributed by atoms with Crippen molar-refractivity contribution in [1.29, 1.82) is 0 Å². The summed E-state index contributed by atoms with van der Waals surface area (Å²) in [5.41, 5.74) is 3.89. The maximum atomic E-state index is 2.48. The first-order chi connectivity index (χ1) is 13.4. The van der Waals surface area contributed by atoms with E-state index in [-0.39, 0.29) is 0 Å². The van der Waals surface area contributed by atoms with Crippen LogP contribution >= 0.6 is 0 Å². The van der Waals surface area contributed by atoms with Gasteiger partial charge in [-0.05, 0) is 23.1 Å². The van der Waals surface area contributed by atoms with E-state index in [1.165, 1.54) is 16.7 Å². The number of hydrogen-bond donors (Lipinski definition) is 0. The first-order valence-electron chi connectivity index (χ1n) is 9.59. The molecule has 136 valence electrons. The van der Waals surface area contributed by atoms with Crippen LogP contribution in [0.4, 0.5) is 0 Å². The topological polar surface area (TPSA) is 3.24 Å². The summed E-state index contributed by atoms with van der Waals surface area (Å²) in [6.45, 7) is 2.93. The lowest BCUT2D eigenvalue weighted by Crippen LogP contribution is -2.26. The molecule has 27 heavy (non-hydrogen) atoms. The number of benzene rings is 3. The highest BCUT2D eigenvalue weighted by molar-refractivity contribution is 5.49. The second kappa shape index (κ2) is 10.9. The predicted octanol–water partition coefficient (Wildman–Crippen LogP) is 5.96. The quantitative estimate of drug-likeness (QED) is 0.459. The van der Waals surface area contributed by atoms with Crippen molar-refractivity contribution in [2.45, 2.75) is 6.42 Å². The highest BCUT2D eigenvalue weighted by Crippen LogP contribution is 2.06. The Hall–Kier alpha value is -2.90. The second-order valence-electron chi connectivity index (χ2n) is 6.62. The van der Waals surface area contributed by atoms with Gasteiger partial charge in [0.25, 0.3) is 0 Å². The van der Waals surface area contributed by atoms with Gasteiger partial charge in [-0.1, -0.05) is 115 Å². The number of rotatable bonds is 9. The van der Waals surface area contributed by atoms with E-state index < -0.39 is 0 Å². The van der Waals surface area contributed by atoms with Crippen LogP contribution in [0.3, 0.4) is 0 Å². The number of hydrogen-bond acceptors (Lipinski definition) is 1. The van der Waals surface area contributed by atoms with Crippen molar-refractivity contribution in [3.05, 3.63) is 120 Å². The molecule has 3 aromatic rings. The molecule has 0 bridgehead atoms. The SMILES string of the molecule is C(=Cc1ccccc1)CN(CC=Cc1ccccc1)CCc1ccccc1. The molecule has 0 amide bonds. The van der Waals surface area contributed by atoms with Crippen molar-refractivity contribution >= 4 is 12.2 Å². The lowest BCUT2D eigenvalue weighted by Gasteiger charge is -2.19. The van der Waals surface area contributed by atoms with E-state index in [2.05, 4.69) is 120 Å². The molecule has 1 heteroatoms. The fraction of sp³-hybridized carbons (Fsp3) is 0.154. The maximum Gasteiger partial charge on any atom is 0.0169 e. The molecule has 0 aliphatic carbocycles. The minimum Gasteiger partial charge on any atom is -0.296 e. The fourth-order valence-corrected chi connectivity index (χ4v) is 2.99. The van der Waals surface area contributed by atoms with Gasteiger partial charge in [0.05, 0.1) is 0 Å². The van der Waals surface area contributed by atoms with Gasteiger partial charge in [0.2, 0.25) is 0 Å². The van der Waals surface area contributed by atoms with E-state index >= 15 is 0 Å². The van der Waals surface area contributed by atoms with E-state index in [0.29, 0.717) is 0 Å². The first kappa shape index (κ1) is 18.9. The fourth-order valence-electron chi connectivity index (χ4n) is 2.99. The summed E-state index contributed by atoms with van der Waals surface area (Å²) in [6.07, 6.45) is 10.00. The summed E-state index contributed by atoms with van der Waals surface area (Å²) < 4.78 is 0. The second-order valence-corrected chi connectivity index (χ2v) is 6.62. The van der Waals surface area contributed by atoms with E-state index in [4.69, 9.17) is 0 Å². The van der Waals surface area contributed by atoms with Crippen LogP contribution in [0.5, 0.6) is 0 Å². The molecule has 0 radical (unpaired) electrons. The van der Waals surface area contributed by atoms with Gasteiger partial charge >= 0.3 is 0 Å². The summed E-state index contributed by atoms with van der Waals surface area (Å²) in [5, 5.41) is 0. The zero-order valence-electron chi connectivity index (χ0n) is 15.7. The van der Waals surface area contributed by atoms with Crippen molar-refractivity contribution < 1.29 is 0 Å². The van der Waals surface area contributed by atoms with Crippen molar-refractivity contribution in [3.63, 3.8) is 0 Å². The average molecular weight is 354 g/mol. The molecule has 0 saturated heterocycles. The zero-order chi connectivity index (χ0) is 18.6. The van der Waals surface area contributed by atoms with Crippen LogP contribution in [0.25, 0.3) is 12.2 Å². The Morgan fingerprint density at radius 1 is 0.556 bits per heavy atom. The van der Waals surface area contributed by atoms with Gasteiger partial charge < -0.3 is 0 Å². The van der Waals surface area contributed by atoms with Crippen LogP contribution in [0.15, 0.2) is 103 Å². The third-order valence-electron chi connectivity index (χ3n) is 4.51. The third kappa shape index (κ3) is 7.08. The van der Waals surface area contributed by atoms with Crippen LogP contribution < -0.4 is 0 Å². The van der Waals surface area contributed by atoms with Crippen molar-refractivity contribution in [2.24, 2.45) is 0 Å². The number of nitrogens with zero attached hydrogens (tertiary/aromatic N) is 1. The van der Waals surface area contributed by atoms with E-state index in [1.807, 2.05) is 0 Å². The summed E-state index contributed by atoms with van der Waals surface area (Å²) in [7, 11) is 0. The minimum atomic E-state index is 0.945. The molecular weight excluding hydrogens is 326 g/mol. The molecule has 0 atom stereocenters. The third-order valence-corrected chi connectivity index (χ3v) is 4.51. The lowest BCUT2D eigenvalue weighted by atomic mass is 10.1. The van der Waals surface area contributed by atoms with Gasteiger partial charge in [0.1, 0.15) is 0 Å². The molecule has 0 aliphatic heterocycles. The molecule has 0 N–H and O–H groups in total.